The first kappa shape index (κ1) is 21.9. The highest BCUT2D eigenvalue weighted by molar-refractivity contribution is 7.89. The topological polar surface area (TPSA) is 105 Å². The van der Waals surface area contributed by atoms with Gasteiger partial charge in [-0.2, -0.15) is 4.31 Å². The van der Waals surface area contributed by atoms with Crippen molar-refractivity contribution in [3.8, 4) is 0 Å². The average molecular weight is 432 g/mol. The number of ether oxygens (including phenoxy) is 1. The van der Waals surface area contributed by atoms with E-state index in [1.54, 1.807) is 12.1 Å². The summed E-state index contributed by atoms with van der Waals surface area (Å²) in [5, 5.41) is 5.13. The van der Waals surface area contributed by atoms with E-state index in [9.17, 15) is 18.0 Å². The number of morpholine rings is 1. The molecule has 2 N–H and O–H groups in total. The molecule has 0 bridgehead atoms. The molecule has 2 aromatic rings. The molecule has 8 nitrogen and oxygen atoms in total. The van der Waals surface area contributed by atoms with Crippen LogP contribution in [0.2, 0.25) is 0 Å². The van der Waals surface area contributed by atoms with Crippen LogP contribution in [-0.2, 0) is 37.3 Å². The first-order chi connectivity index (χ1) is 14.5. The molecule has 0 radical (unpaired) electrons. The van der Waals surface area contributed by atoms with Crippen molar-refractivity contribution < 1.29 is 22.7 Å². The van der Waals surface area contributed by atoms with Crippen LogP contribution in [0.1, 0.15) is 11.1 Å². The van der Waals surface area contributed by atoms with Gasteiger partial charge in [0, 0.05) is 26.2 Å². The molecule has 1 saturated heterocycles. The molecule has 1 aliphatic heterocycles. The van der Waals surface area contributed by atoms with Gasteiger partial charge in [0.1, 0.15) is 0 Å². The molecule has 0 spiro atoms. The van der Waals surface area contributed by atoms with Crippen molar-refractivity contribution in [2.45, 2.75) is 17.9 Å². The van der Waals surface area contributed by atoms with Crippen molar-refractivity contribution in [1.82, 2.24) is 14.9 Å². The fraction of sp³-hybridized carbons (Fsp3) is 0.333. The molecule has 0 aliphatic carbocycles. The lowest BCUT2D eigenvalue weighted by Crippen LogP contribution is -2.40. The zero-order valence-corrected chi connectivity index (χ0v) is 17.4. The second kappa shape index (κ2) is 10.3. The minimum Gasteiger partial charge on any atom is -0.379 e. The van der Waals surface area contributed by atoms with Crippen LogP contribution in [-0.4, -0.2) is 57.4 Å². The molecule has 2 aromatic carbocycles. The average Bonchev–Trinajstić information content (AvgIpc) is 2.79. The largest absolute Gasteiger partial charge is 0.379 e. The summed E-state index contributed by atoms with van der Waals surface area (Å²) in [6.07, 6.45) is 0.638. The normalized spacial score (nSPS) is 14.8. The van der Waals surface area contributed by atoms with Crippen molar-refractivity contribution >= 4 is 21.8 Å². The number of sulfonamides is 1. The van der Waals surface area contributed by atoms with Crippen molar-refractivity contribution in [1.29, 1.82) is 0 Å². The van der Waals surface area contributed by atoms with Crippen LogP contribution < -0.4 is 10.6 Å². The highest BCUT2D eigenvalue weighted by atomic mass is 32.2. The Labute approximate surface area is 176 Å². The van der Waals surface area contributed by atoms with Crippen molar-refractivity contribution in [2.75, 3.05) is 32.8 Å². The molecule has 30 heavy (non-hydrogen) atoms. The zero-order chi connectivity index (χ0) is 21.4. The number of nitrogens with zero attached hydrogens (tertiary/aromatic N) is 1. The predicted molar refractivity (Wildman–Crippen MR) is 111 cm³/mol. The number of carbonyl (C=O) groups is 2. The van der Waals surface area contributed by atoms with Crippen LogP contribution in [0.4, 0.5) is 0 Å². The minimum absolute atomic E-state index is 0.128. The first-order valence-corrected chi connectivity index (χ1v) is 11.2. The van der Waals surface area contributed by atoms with Gasteiger partial charge in [0.05, 0.1) is 18.1 Å². The van der Waals surface area contributed by atoms with Crippen LogP contribution in [0.3, 0.4) is 0 Å². The van der Waals surface area contributed by atoms with E-state index in [1.165, 1.54) is 16.4 Å². The Morgan fingerprint density at radius 2 is 1.50 bits per heavy atom. The van der Waals surface area contributed by atoms with Gasteiger partial charge in [0.2, 0.25) is 10.0 Å². The third kappa shape index (κ3) is 5.88. The van der Waals surface area contributed by atoms with Crippen LogP contribution in [0, 0.1) is 0 Å². The van der Waals surface area contributed by atoms with E-state index in [4.69, 9.17) is 4.74 Å². The second-order valence-electron chi connectivity index (χ2n) is 6.83. The van der Waals surface area contributed by atoms with E-state index >= 15 is 0 Å². The lowest BCUT2D eigenvalue weighted by molar-refractivity contribution is -0.139. The number of amides is 2. The molecular formula is C21H25N3O5S. The molecule has 3 rings (SSSR count). The molecule has 0 atom stereocenters. The summed E-state index contributed by atoms with van der Waals surface area (Å²) in [6.45, 7) is 1.93. The fourth-order valence-corrected chi connectivity index (χ4v) is 4.43. The summed E-state index contributed by atoms with van der Waals surface area (Å²) < 4.78 is 31.8. The second-order valence-corrected chi connectivity index (χ2v) is 8.77. The number of hydrogen-bond donors (Lipinski definition) is 2. The number of rotatable bonds is 7. The summed E-state index contributed by atoms with van der Waals surface area (Å²) >= 11 is 0. The molecule has 1 aliphatic rings. The molecule has 2 amide bonds. The van der Waals surface area contributed by atoms with Gasteiger partial charge in [-0.3, -0.25) is 9.59 Å². The van der Waals surface area contributed by atoms with Gasteiger partial charge in [0.25, 0.3) is 0 Å². The zero-order valence-electron chi connectivity index (χ0n) is 16.5. The molecular weight excluding hydrogens is 406 g/mol. The molecule has 1 fully saturated rings. The first-order valence-electron chi connectivity index (χ1n) is 9.73. The Hall–Kier alpha value is -2.75. The van der Waals surface area contributed by atoms with E-state index in [2.05, 4.69) is 10.6 Å². The highest BCUT2D eigenvalue weighted by Crippen LogP contribution is 2.17. The summed E-state index contributed by atoms with van der Waals surface area (Å²) in [4.78, 5) is 24.0. The number of hydrogen-bond acceptors (Lipinski definition) is 5. The molecule has 9 heteroatoms. The van der Waals surface area contributed by atoms with Crippen molar-refractivity contribution in [3.05, 3.63) is 65.7 Å². The van der Waals surface area contributed by atoms with Gasteiger partial charge >= 0.3 is 11.8 Å². The SMILES string of the molecule is O=C(NCCc1ccccc1)C(=O)NCc1ccc(S(=O)(=O)N2CCOCC2)cc1. The maximum absolute atomic E-state index is 12.6. The molecule has 160 valence electrons. The third-order valence-corrected chi connectivity index (χ3v) is 6.65. The van der Waals surface area contributed by atoms with E-state index in [0.717, 1.165) is 5.56 Å². The lowest BCUT2D eigenvalue weighted by Gasteiger charge is -2.26. The Kier molecular flexibility index (Phi) is 7.56. The Morgan fingerprint density at radius 1 is 0.867 bits per heavy atom. The van der Waals surface area contributed by atoms with Gasteiger partial charge in [-0.15, -0.1) is 0 Å². The van der Waals surface area contributed by atoms with Crippen molar-refractivity contribution in [2.24, 2.45) is 0 Å². The fourth-order valence-electron chi connectivity index (χ4n) is 3.02. The van der Waals surface area contributed by atoms with Crippen molar-refractivity contribution in [3.63, 3.8) is 0 Å². The number of carbonyl (C=O) groups excluding carboxylic acids is 2. The third-order valence-electron chi connectivity index (χ3n) is 4.73. The van der Waals surface area contributed by atoms with Crippen LogP contribution in [0.25, 0.3) is 0 Å². The summed E-state index contributed by atoms with van der Waals surface area (Å²) in [6, 6.07) is 15.9. The number of nitrogens with one attached hydrogen (secondary N) is 2. The highest BCUT2D eigenvalue weighted by Gasteiger charge is 2.26. The van der Waals surface area contributed by atoms with Crippen LogP contribution >= 0.6 is 0 Å². The molecule has 0 saturated carbocycles. The van der Waals surface area contributed by atoms with Gasteiger partial charge in [-0.05, 0) is 29.7 Å². The van der Waals surface area contributed by atoms with Gasteiger partial charge in [-0.1, -0.05) is 42.5 Å². The maximum atomic E-state index is 12.6. The smallest absolute Gasteiger partial charge is 0.309 e. The standard InChI is InChI=1S/C21H25N3O5S/c25-20(22-11-10-17-4-2-1-3-5-17)21(26)23-16-18-6-8-19(9-7-18)30(27,28)24-12-14-29-15-13-24/h1-9H,10-16H2,(H,22,25)(H,23,26). The quantitative estimate of drug-likeness (QED) is 0.628. The Bertz CT molecular complexity index is 956. The summed E-state index contributed by atoms with van der Waals surface area (Å²) in [5.41, 5.74) is 1.77. The van der Waals surface area contributed by atoms with E-state index in [1.807, 2.05) is 30.3 Å². The van der Waals surface area contributed by atoms with E-state index in [0.29, 0.717) is 44.8 Å². The molecule has 0 aromatic heterocycles. The molecule has 0 unspecified atom stereocenters. The van der Waals surface area contributed by atoms with E-state index < -0.39 is 21.8 Å². The van der Waals surface area contributed by atoms with Gasteiger partial charge < -0.3 is 15.4 Å². The van der Waals surface area contributed by atoms with Crippen LogP contribution in [0.5, 0.6) is 0 Å². The van der Waals surface area contributed by atoms with Crippen LogP contribution in [0.15, 0.2) is 59.5 Å². The number of benzene rings is 2. The Balaban J connectivity index is 1.46. The predicted octanol–water partition coefficient (Wildman–Crippen LogP) is 0.683. The maximum Gasteiger partial charge on any atom is 0.309 e. The minimum atomic E-state index is -3.55. The monoisotopic (exact) mass is 431 g/mol. The summed E-state index contributed by atoms with van der Waals surface area (Å²) in [7, 11) is -3.55. The summed E-state index contributed by atoms with van der Waals surface area (Å²) in [5.74, 6) is -1.43. The van der Waals surface area contributed by atoms with Gasteiger partial charge in [0.15, 0.2) is 0 Å². The molecule has 1 heterocycles. The Morgan fingerprint density at radius 3 is 2.17 bits per heavy atom. The lowest BCUT2D eigenvalue weighted by atomic mass is 10.1. The van der Waals surface area contributed by atoms with Gasteiger partial charge in [-0.25, -0.2) is 8.42 Å². The van der Waals surface area contributed by atoms with E-state index in [-0.39, 0.29) is 11.4 Å².